The summed E-state index contributed by atoms with van der Waals surface area (Å²) in [4.78, 5) is 19.0. The lowest BCUT2D eigenvalue weighted by Gasteiger charge is -2.09. The predicted molar refractivity (Wildman–Crippen MR) is 72.2 cm³/mol. The first-order valence-corrected chi connectivity index (χ1v) is 6.42. The van der Waals surface area contributed by atoms with Gasteiger partial charge in [-0.2, -0.15) is 0 Å². The van der Waals surface area contributed by atoms with Gasteiger partial charge in [0.25, 0.3) is 5.56 Å². The second-order valence-corrected chi connectivity index (χ2v) is 4.93. The fourth-order valence-corrected chi connectivity index (χ4v) is 2.70. The smallest absolute Gasteiger partial charge is 0.251 e. The second kappa shape index (κ2) is 4.97. The lowest BCUT2D eigenvalue weighted by molar-refractivity contribution is 0.181. The summed E-state index contributed by atoms with van der Waals surface area (Å²) in [6.07, 6.45) is 1.88. The quantitative estimate of drug-likeness (QED) is 0.911. The summed E-state index contributed by atoms with van der Waals surface area (Å²) in [5.74, 6) is 1.04. The Morgan fingerprint density at radius 1 is 1.32 bits per heavy atom. The zero-order chi connectivity index (χ0) is 13.2. The van der Waals surface area contributed by atoms with E-state index in [1.165, 1.54) is 17.2 Å². The Kier molecular flexibility index (Phi) is 3.17. The van der Waals surface area contributed by atoms with Gasteiger partial charge in [0.15, 0.2) is 0 Å². The molecule has 4 nitrogen and oxygen atoms in total. The Labute approximate surface area is 111 Å². The molecule has 1 aromatic carbocycles. The Bertz CT molecular complexity index is 624. The van der Waals surface area contributed by atoms with Crippen molar-refractivity contribution < 1.29 is 4.74 Å². The topological polar surface area (TPSA) is 55.0 Å². The Morgan fingerprint density at radius 3 is 2.63 bits per heavy atom. The Balaban J connectivity index is 1.90. The van der Waals surface area contributed by atoms with Crippen LogP contribution in [0.15, 0.2) is 35.1 Å². The molecule has 0 fully saturated rings. The van der Waals surface area contributed by atoms with E-state index in [9.17, 15) is 4.79 Å². The van der Waals surface area contributed by atoms with Gasteiger partial charge in [0.05, 0.1) is 12.3 Å². The van der Waals surface area contributed by atoms with Crippen molar-refractivity contribution in [2.75, 3.05) is 7.11 Å². The van der Waals surface area contributed by atoms with Gasteiger partial charge in [0.1, 0.15) is 5.82 Å². The van der Waals surface area contributed by atoms with E-state index in [2.05, 4.69) is 34.2 Å². The highest BCUT2D eigenvalue weighted by Crippen LogP contribution is 2.31. The Hall–Kier alpha value is -1.94. The summed E-state index contributed by atoms with van der Waals surface area (Å²) in [7, 11) is 1.61. The molecule has 3 rings (SSSR count). The van der Waals surface area contributed by atoms with Crippen LogP contribution in [-0.4, -0.2) is 17.1 Å². The molecule has 4 heteroatoms. The van der Waals surface area contributed by atoms with Gasteiger partial charge in [-0.1, -0.05) is 24.3 Å². The number of nitrogens with zero attached hydrogens (tertiary/aromatic N) is 1. The minimum absolute atomic E-state index is 0.104. The summed E-state index contributed by atoms with van der Waals surface area (Å²) in [5.41, 5.74) is 3.30. The number of hydrogen-bond acceptors (Lipinski definition) is 3. The maximum absolute atomic E-state index is 11.7. The highest BCUT2D eigenvalue weighted by molar-refractivity contribution is 5.35. The number of hydrogen-bond donors (Lipinski definition) is 1. The number of H-pyrrole nitrogens is 1. The second-order valence-electron chi connectivity index (χ2n) is 4.93. The highest BCUT2D eigenvalue weighted by Gasteiger charge is 2.24. The van der Waals surface area contributed by atoms with Crippen LogP contribution >= 0.6 is 0 Å². The Morgan fingerprint density at radius 2 is 2.00 bits per heavy atom. The van der Waals surface area contributed by atoms with Crippen LogP contribution < -0.4 is 5.56 Å². The first-order valence-electron chi connectivity index (χ1n) is 6.42. The number of ether oxygens (including phenoxy) is 1. The van der Waals surface area contributed by atoms with Gasteiger partial charge in [-0.05, 0) is 24.0 Å². The molecule has 0 aliphatic heterocycles. The highest BCUT2D eigenvalue weighted by atomic mass is 16.5. The van der Waals surface area contributed by atoms with Crippen LogP contribution in [0.5, 0.6) is 0 Å². The minimum atomic E-state index is -0.104. The third-order valence-electron chi connectivity index (χ3n) is 3.54. The molecule has 0 atom stereocenters. The molecule has 19 heavy (non-hydrogen) atoms. The SMILES string of the molecule is COCc1cc(=O)[nH]c(C2Cc3ccccc3C2)n1. The van der Waals surface area contributed by atoms with E-state index < -0.39 is 0 Å². The van der Waals surface area contributed by atoms with Crippen LogP contribution in [-0.2, 0) is 24.2 Å². The summed E-state index contributed by atoms with van der Waals surface area (Å²) in [6, 6.07) is 9.89. The van der Waals surface area contributed by atoms with Crippen molar-refractivity contribution in [1.82, 2.24) is 9.97 Å². The lowest BCUT2D eigenvalue weighted by Crippen LogP contribution is -2.16. The van der Waals surface area contributed by atoms with Gasteiger partial charge in [-0.25, -0.2) is 4.98 Å². The van der Waals surface area contributed by atoms with Crippen LogP contribution in [0.2, 0.25) is 0 Å². The van der Waals surface area contributed by atoms with Crippen LogP contribution in [0, 0.1) is 0 Å². The fraction of sp³-hybridized carbons (Fsp3) is 0.333. The van der Waals surface area contributed by atoms with E-state index >= 15 is 0 Å². The first-order chi connectivity index (χ1) is 9.26. The van der Waals surface area contributed by atoms with Gasteiger partial charge >= 0.3 is 0 Å². The van der Waals surface area contributed by atoms with E-state index in [0.717, 1.165) is 18.7 Å². The van der Waals surface area contributed by atoms with Crippen LogP contribution in [0.3, 0.4) is 0 Å². The van der Waals surface area contributed by atoms with Gasteiger partial charge in [0, 0.05) is 19.1 Å². The molecular formula is C15H16N2O2. The molecule has 0 amide bonds. The molecule has 1 aliphatic carbocycles. The molecule has 98 valence electrons. The number of aromatic nitrogens is 2. The lowest BCUT2D eigenvalue weighted by atomic mass is 10.1. The van der Waals surface area contributed by atoms with Crippen LogP contribution in [0.4, 0.5) is 0 Å². The van der Waals surface area contributed by atoms with Gasteiger partial charge in [0.2, 0.25) is 0 Å². The molecule has 1 aliphatic rings. The van der Waals surface area contributed by atoms with Crippen LogP contribution in [0.1, 0.15) is 28.6 Å². The normalized spacial score (nSPS) is 14.6. The molecule has 2 aromatic rings. The number of nitrogens with one attached hydrogen (secondary N) is 1. The monoisotopic (exact) mass is 256 g/mol. The zero-order valence-electron chi connectivity index (χ0n) is 10.8. The van der Waals surface area contributed by atoms with Crippen LogP contribution in [0.25, 0.3) is 0 Å². The molecule has 1 N–H and O–H groups in total. The molecule has 0 saturated heterocycles. The summed E-state index contributed by atoms with van der Waals surface area (Å²) < 4.78 is 5.05. The maximum Gasteiger partial charge on any atom is 0.251 e. The van der Waals surface area contributed by atoms with E-state index in [0.29, 0.717) is 12.3 Å². The van der Waals surface area contributed by atoms with E-state index in [1.54, 1.807) is 7.11 Å². The van der Waals surface area contributed by atoms with Crippen molar-refractivity contribution in [3.05, 3.63) is 63.3 Å². The molecule has 0 unspecified atom stereocenters. The minimum Gasteiger partial charge on any atom is -0.378 e. The van der Waals surface area contributed by atoms with Crippen molar-refractivity contribution >= 4 is 0 Å². The fourth-order valence-electron chi connectivity index (χ4n) is 2.70. The van der Waals surface area contributed by atoms with Gasteiger partial charge in [-0.3, -0.25) is 4.79 Å². The van der Waals surface area contributed by atoms with Gasteiger partial charge in [-0.15, -0.1) is 0 Å². The van der Waals surface area contributed by atoms with Crippen molar-refractivity contribution in [2.45, 2.75) is 25.4 Å². The van der Waals surface area contributed by atoms with E-state index in [4.69, 9.17) is 4.74 Å². The number of fused-ring (bicyclic) bond motifs is 1. The standard InChI is InChI=1S/C15H16N2O2/c1-19-9-13-8-14(18)17-15(16-13)12-6-10-4-2-3-5-11(10)7-12/h2-5,8,12H,6-7,9H2,1H3,(H,16,17,18). The van der Waals surface area contributed by atoms with Crippen molar-refractivity contribution in [3.8, 4) is 0 Å². The zero-order valence-corrected chi connectivity index (χ0v) is 10.8. The van der Waals surface area contributed by atoms with Gasteiger partial charge < -0.3 is 9.72 Å². The first kappa shape index (κ1) is 12.1. The molecule has 1 aromatic heterocycles. The summed E-state index contributed by atoms with van der Waals surface area (Å²) in [6.45, 7) is 0.372. The molecular weight excluding hydrogens is 240 g/mol. The third-order valence-corrected chi connectivity index (χ3v) is 3.54. The summed E-state index contributed by atoms with van der Waals surface area (Å²) in [5, 5.41) is 0. The van der Waals surface area contributed by atoms with Crippen molar-refractivity contribution in [1.29, 1.82) is 0 Å². The molecule has 0 bridgehead atoms. The average molecular weight is 256 g/mol. The molecule has 0 spiro atoms. The number of benzene rings is 1. The van der Waals surface area contributed by atoms with Crippen molar-refractivity contribution in [3.63, 3.8) is 0 Å². The van der Waals surface area contributed by atoms with Crippen molar-refractivity contribution in [2.24, 2.45) is 0 Å². The largest absolute Gasteiger partial charge is 0.378 e. The predicted octanol–water partition coefficient (Wildman–Crippen LogP) is 1.80. The molecule has 1 heterocycles. The summed E-state index contributed by atoms with van der Waals surface area (Å²) >= 11 is 0. The molecule has 0 saturated carbocycles. The number of methoxy groups -OCH3 is 1. The number of aromatic amines is 1. The average Bonchev–Trinajstić information content (AvgIpc) is 2.82. The number of rotatable bonds is 3. The van der Waals surface area contributed by atoms with E-state index in [-0.39, 0.29) is 11.5 Å². The maximum atomic E-state index is 11.7. The van der Waals surface area contributed by atoms with E-state index in [1.807, 2.05) is 0 Å². The molecule has 0 radical (unpaired) electrons. The third kappa shape index (κ3) is 2.44.